The van der Waals surface area contributed by atoms with Crippen molar-refractivity contribution in [3.8, 4) is 16.9 Å². The molecule has 1 aliphatic rings. The van der Waals surface area contributed by atoms with E-state index in [1.54, 1.807) is 12.1 Å². The second-order valence-electron chi connectivity index (χ2n) is 6.20. The molecule has 0 aromatic heterocycles. The van der Waals surface area contributed by atoms with E-state index in [0.29, 0.717) is 5.56 Å². The van der Waals surface area contributed by atoms with Crippen LogP contribution in [-0.4, -0.2) is 42.1 Å². The topological polar surface area (TPSA) is 52.6 Å². The van der Waals surface area contributed by atoms with Crippen molar-refractivity contribution < 1.29 is 9.90 Å². The summed E-state index contributed by atoms with van der Waals surface area (Å²) < 4.78 is 0. The van der Waals surface area contributed by atoms with E-state index >= 15 is 0 Å². The lowest BCUT2D eigenvalue weighted by Crippen LogP contribution is -2.46. The van der Waals surface area contributed by atoms with Crippen molar-refractivity contribution in [3.63, 3.8) is 0 Å². The van der Waals surface area contributed by atoms with Gasteiger partial charge in [0.2, 0.25) is 0 Å². The fraction of sp³-hybridized carbons (Fsp3) is 0.316. The Balaban J connectivity index is 1.73. The lowest BCUT2D eigenvalue weighted by atomic mass is 10.0. The molecule has 0 aliphatic carbocycles. The van der Waals surface area contributed by atoms with Gasteiger partial charge >= 0.3 is 0 Å². The normalized spacial score (nSPS) is 18.6. The summed E-state index contributed by atoms with van der Waals surface area (Å²) in [5.74, 6) is 0.218. The van der Waals surface area contributed by atoms with Gasteiger partial charge in [0.1, 0.15) is 5.75 Å². The van der Waals surface area contributed by atoms with Crippen molar-refractivity contribution in [3.05, 3.63) is 54.1 Å². The minimum Gasteiger partial charge on any atom is -0.508 e. The monoisotopic (exact) mass is 310 g/mol. The van der Waals surface area contributed by atoms with Gasteiger partial charge in [0.05, 0.1) is 0 Å². The van der Waals surface area contributed by atoms with Gasteiger partial charge in [0.15, 0.2) is 0 Å². The zero-order chi connectivity index (χ0) is 16.2. The van der Waals surface area contributed by atoms with Gasteiger partial charge in [-0.2, -0.15) is 0 Å². The van der Waals surface area contributed by atoms with Crippen LogP contribution < -0.4 is 5.32 Å². The number of nitrogens with zero attached hydrogens (tertiary/aromatic N) is 1. The number of phenolic OH excluding ortho intramolecular Hbond substituents is 1. The van der Waals surface area contributed by atoms with E-state index in [0.717, 1.165) is 37.1 Å². The van der Waals surface area contributed by atoms with Gasteiger partial charge in [0.25, 0.3) is 5.91 Å². The van der Waals surface area contributed by atoms with Crippen molar-refractivity contribution in [1.82, 2.24) is 10.2 Å². The number of carbonyl (C=O) groups is 1. The number of aromatic hydroxyl groups is 1. The second-order valence-corrected chi connectivity index (χ2v) is 6.20. The van der Waals surface area contributed by atoms with Gasteiger partial charge in [-0.25, -0.2) is 0 Å². The first-order chi connectivity index (χ1) is 11.1. The van der Waals surface area contributed by atoms with Gasteiger partial charge in [-0.3, -0.25) is 4.79 Å². The molecule has 1 aliphatic heterocycles. The van der Waals surface area contributed by atoms with E-state index in [4.69, 9.17) is 0 Å². The Labute approximate surface area is 136 Å². The first-order valence-electron chi connectivity index (χ1n) is 8.01. The predicted molar refractivity (Wildman–Crippen MR) is 91.5 cm³/mol. The van der Waals surface area contributed by atoms with E-state index in [-0.39, 0.29) is 17.7 Å². The van der Waals surface area contributed by atoms with Crippen molar-refractivity contribution in [1.29, 1.82) is 0 Å². The SMILES string of the molecule is CN1CCC[C@@H](NC(=O)c2cccc(-c3ccc(O)cc3)c2)C1. The highest BCUT2D eigenvalue weighted by atomic mass is 16.3. The maximum absolute atomic E-state index is 12.5. The third-order valence-corrected chi connectivity index (χ3v) is 4.29. The summed E-state index contributed by atoms with van der Waals surface area (Å²) in [5, 5.41) is 12.5. The van der Waals surface area contributed by atoms with Crippen LogP contribution in [0.3, 0.4) is 0 Å². The van der Waals surface area contributed by atoms with Gasteiger partial charge in [-0.15, -0.1) is 0 Å². The lowest BCUT2D eigenvalue weighted by Gasteiger charge is -2.30. The zero-order valence-corrected chi connectivity index (χ0v) is 13.3. The van der Waals surface area contributed by atoms with Crippen LogP contribution in [0.5, 0.6) is 5.75 Å². The Kier molecular flexibility index (Phi) is 4.63. The fourth-order valence-electron chi connectivity index (χ4n) is 3.05. The van der Waals surface area contributed by atoms with Crippen LogP contribution in [-0.2, 0) is 0 Å². The van der Waals surface area contributed by atoms with Crippen LogP contribution in [0.15, 0.2) is 48.5 Å². The molecule has 4 heteroatoms. The van der Waals surface area contributed by atoms with Gasteiger partial charge < -0.3 is 15.3 Å². The van der Waals surface area contributed by atoms with Crippen LogP contribution in [0.2, 0.25) is 0 Å². The Morgan fingerprint density at radius 2 is 1.96 bits per heavy atom. The number of amides is 1. The highest BCUT2D eigenvalue weighted by molar-refractivity contribution is 5.95. The molecule has 4 nitrogen and oxygen atoms in total. The number of hydrogen-bond donors (Lipinski definition) is 2. The van der Waals surface area contributed by atoms with Crippen LogP contribution in [0.25, 0.3) is 11.1 Å². The van der Waals surface area contributed by atoms with Crippen LogP contribution in [0.4, 0.5) is 0 Å². The highest BCUT2D eigenvalue weighted by Crippen LogP contribution is 2.23. The average Bonchev–Trinajstić information content (AvgIpc) is 2.56. The maximum atomic E-state index is 12.5. The molecule has 120 valence electrons. The van der Waals surface area contributed by atoms with Crippen molar-refractivity contribution in [2.75, 3.05) is 20.1 Å². The minimum atomic E-state index is -0.0223. The number of likely N-dealkylation sites (N-methyl/N-ethyl adjacent to an activating group) is 1. The van der Waals surface area contributed by atoms with Crippen molar-refractivity contribution >= 4 is 5.91 Å². The van der Waals surface area contributed by atoms with Gasteiger partial charge in [-0.1, -0.05) is 24.3 Å². The molecule has 2 N–H and O–H groups in total. The minimum absolute atomic E-state index is 0.0223. The molecular weight excluding hydrogens is 288 g/mol. The lowest BCUT2D eigenvalue weighted by molar-refractivity contribution is 0.0912. The maximum Gasteiger partial charge on any atom is 0.251 e. The van der Waals surface area contributed by atoms with E-state index in [9.17, 15) is 9.90 Å². The molecule has 3 rings (SSSR count). The molecule has 0 unspecified atom stereocenters. The number of likely N-dealkylation sites (tertiary alicyclic amines) is 1. The molecule has 2 aromatic rings. The molecule has 1 atom stereocenters. The highest BCUT2D eigenvalue weighted by Gasteiger charge is 2.19. The Hall–Kier alpha value is -2.33. The Morgan fingerprint density at radius 1 is 1.17 bits per heavy atom. The Morgan fingerprint density at radius 3 is 2.70 bits per heavy atom. The molecule has 1 heterocycles. The summed E-state index contributed by atoms with van der Waals surface area (Å²) in [6.07, 6.45) is 2.16. The zero-order valence-electron chi connectivity index (χ0n) is 13.3. The predicted octanol–water partition coefficient (Wildman–Crippen LogP) is 2.88. The van der Waals surface area contributed by atoms with Crippen molar-refractivity contribution in [2.45, 2.75) is 18.9 Å². The van der Waals surface area contributed by atoms with Gasteiger partial charge in [-0.05, 0) is 61.8 Å². The number of piperidine rings is 1. The summed E-state index contributed by atoms with van der Waals surface area (Å²) in [6, 6.07) is 14.8. The van der Waals surface area contributed by atoms with Crippen LogP contribution in [0, 0.1) is 0 Å². The second kappa shape index (κ2) is 6.84. The smallest absolute Gasteiger partial charge is 0.251 e. The third kappa shape index (κ3) is 3.90. The number of nitrogens with one attached hydrogen (secondary N) is 1. The average molecular weight is 310 g/mol. The first kappa shape index (κ1) is 15.6. The van der Waals surface area contributed by atoms with E-state index in [1.807, 2.05) is 36.4 Å². The molecule has 23 heavy (non-hydrogen) atoms. The number of rotatable bonds is 3. The molecule has 1 fully saturated rings. The van der Waals surface area contributed by atoms with Crippen LogP contribution in [0.1, 0.15) is 23.2 Å². The standard InChI is InChI=1S/C19H22N2O2/c1-21-11-3-6-17(13-21)20-19(23)16-5-2-4-15(12-16)14-7-9-18(22)10-8-14/h2,4-5,7-10,12,17,22H,3,6,11,13H2,1H3,(H,20,23)/t17-/m1/s1. The number of phenols is 1. The molecule has 0 spiro atoms. The summed E-state index contributed by atoms with van der Waals surface area (Å²) in [5.41, 5.74) is 2.62. The molecular formula is C19H22N2O2. The molecule has 1 saturated heterocycles. The molecule has 1 amide bonds. The molecule has 2 aromatic carbocycles. The quantitative estimate of drug-likeness (QED) is 0.916. The number of benzene rings is 2. The third-order valence-electron chi connectivity index (χ3n) is 4.29. The number of carbonyl (C=O) groups excluding carboxylic acids is 1. The Bertz CT molecular complexity index is 682. The van der Waals surface area contributed by atoms with E-state index in [1.165, 1.54) is 0 Å². The van der Waals surface area contributed by atoms with E-state index in [2.05, 4.69) is 17.3 Å². The first-order valence-corrected chi connectivity index (χ1v) is 8.01. The molecule has 0 radical (unpaired) electrons. The summed E-state index contributed by atoms with van der Waals surface area (Å²) >= 11 is 0. The molecule has 0 bridgehead atoms. The van der Waals surface area contributed by atoms with Gasteiger partial charge in [0, 0.05) is 18.2 Å². The largest absolute Gasteiger partial charge is 0.508 e. The summed E-state index contributed by atoms with van der Waals surface area (Å²) in [4.78, 5) is 14.7. The summed E-state index contributed by atoms with van der Waals surface area (Å²) in [6.45, 7) is 2.01. The van der Waals surface area contributed by atoms with E-state index < -0.39 is 0 Å². The van der Waals surface area contributed by atoms with Crippen LogP contribution >= 0.6 is 0 Å². The fourth-order valence-corrected chi connectivity index (χ4v) is 3.05. The van der Waals surface area contributed by atoms with Crippen molar-refractivity contribution in [2.24, 2.45) is 0 Å². The number of hydrogen-bond acceptors (Lipinski definition) is 3. The summed E-state index contributed by atoms with van der Waals surface area (Å²) in [7, 11) is 2.09. The molecule has 0 saturated carbocycles.